The Morgan fingerprint density at radius 2 is 1.84 bits per heavy atom. The lowest BCUT2D eigenvalue weighted by atomic mass is 9.89. The summed E-state index contributed by atoms with van der Waals surface area (Å²) in [6.45, 7) is 9.07. The molecule has 1 aromatic heterocycles. The van der Waals surface area contributed by atoms with Crippen molar-refractivity contribution in [3.63, 3.8) is 0 Å². The second kappa shape index (κ2) is 9.48. The first-order valence-corrected chi connectivity index (χ1v) is 11.2. The van der Waals surface area contributed by atoms with E-state index in [0.29, 0.717) is 5.92 Å². The van der Waals surface area contributed by atoms with Gasteiger partial charge in [-0.1, -0.05) is 44.2 Å². The molecule has 0 saturated carbocycles. The number of hydrogen-bond acceptors (Lipinski definition) is 3. The molecule has 5 nitrogen and oxygen atoms in total. The van der Waals surface area contributed by atoms with Crippen molar-refractivity contribution >= 4 is 11.6 Å². The summed E-state index contributed by atoms with van der Waals surface area (Å²) in [4.78, 5) is 14.5. The summed E-state index contributed by atoms with van der Waals surface area (Å²) in [5.41, 5.74) is 5.84. The number of rotatable bonds is 6. The Kier molecular flexibility index (Phi) is 6.52. The first-order chi connectivity index (χ1) is 15.0. The molecule has 1 saturated heterocycles. The zero-order chi connectivity index (χ0) is 21.8. The summed E-state index contributed by atoms with van der Waals surface area (Å²) >= 11 is 0. The number of para-hydroxylation sites is 1. The van der Waals surface area contributed by atoms with Crippen molar-refractivity contribution in [1.82, 2.24) is 14.7 Å². The Balaban J connectivity index is 1.36. The number of anilines is 1. The number of aromatic nitrogens is 2. The lowest BCUT2D eigenvalue weighted by Gasteiger charge is -2.32. The van der Waals surface area contributed by atoms with Crippen LogP contribution in [0.25, 0.3) is 5.69 Å². The predicted molar refractivity (Wildman–Crippen MR) is 125 cm³/mol. The summed E-state index contributed by atoms with van der Waals surface area (Å²) in [6.07, 6.45) is 4.27. The van der Waals surface area contributed by atoms with Crippen LogP contribution < -0.4 is 5.32 Å². The second-order valence-electron chi connectivity index (χ2n) is 8.82. The molecule has 1 aliphatic heterocycles. The van der Waals surface area contributed by atoms with Gasteiger partial charge < -0.3 is 5.32 Å². The fraction of sp³-hybridized carbons (Fsp3) is 0.385. The fourth-order valence-electron chi connectivity index (χ4n) is 4.25. The van der Waals surface area contributed by atoms with Gasteiger partial charge in [0.1, 0.15) is 0 Å². The van der Waals surface area contributed by atoms with E-state index in [2.05, 4.69) is 52.6 Å². The molecule has 2 aromatic carbocycles. The summed E-state index contributed by atoms with van der Waals surface area (Å²) in [6, 6.07) is 18.7. The van der Waals surface area contributed by atoms with E-state index in [-0.39, 0.29) is 11.8 Å². The van der Waals surface area contributed by atoms with Gasteiger partial charge in [-0.05, 0) is 68.6 Å². The molecule has 31 heavy (non-hydrogen) atoms. The number of benzene rings is 2. The first-order valence-electron chi connectivity index (χ1n) is 11.2. The average Bonchev–Trinajstić information content (AvgIpc) is 3.15. The van der Waals surface area contributed by atoms with Crippen LogP contribution >= 0.6 is 0 Å². The zero-order valence-corrected chi connectivity index (χ0v) is 18.7. The van der Waals surface area contributed by atoms with Crippen molar-refractivity contribution in [1.29, 1.82) is 0 Å². The molecule has 5 heteroatoms. The Bertz CT molecular complexity index is 1020. The minimum Gasteiger partial charge on any atom is -0.326 e. The van der Waals surface area contributed by atoms with Gasteiger partial charge in [-0.15, -0.1) is 0 Å². The van der Waals surface area contributed by atoms with Crippen LogP contribution in [0.15, 0.2) is 60.8 Å². The molecule has 162 valence electrons. The summed E-state index contributed by atoms with van der Waals surface area (Å²) in [5, 5.41) is 7.64. The number of piperidine rings is 1. The lowest BCUT2D eigenvalue weighted by Crippen LogP contribution is -2.32. The van der Waals surface area contributed by atoms with E-state index >= 15 is 0 Å². The number of nitrogens with one attached hydrogen (secondary N) is 1. The maximum absolute atomic E-state index is 12.0. The van der Waals surface area contributed by atoms with Gasteiger partial charge in [0.2, 0.25) is 5.91 Å². The fourth-order valence-corrected chi connectivity index (χ4v) is 4.25. The van der Waals surface area contributed by atoms with Gasteiger partial charge in [0.25, 0.3) is 0 Å². The predicted octanol–water partition coefficient (Wildman–Crippen LogP) is 5.15. The molecule has 1 amide bonds. The third kappa shape index (κ3) is 5.05. The molecule has 3 aromatic rings. The highest BCUT2D eigenvalue weighted by atomic mass is 16.1. The highest BCUT2D eigenvalue weighted by Crippen LogP contribution is 2.30. The smallest absolute Gasteiger partial charge is 0.226 e. The second-order valence-corrected chi connectivity index (χ2v) is 8.82. The van der Waals surface area contributed by atoms with Crippen LogP contribution in [0, 0.1) is 12.8 Å². The van der Waals surface area contributed by atoms with Crippen LogP contribution in [0.4, 0.5) is 5.69 Å². The van der Waals surface area contributed by atoms with E-state index in [0.717, 1.165) is 43.9 Å². The van der Waals surface area contributed by atoms with Crippen LogP contribution in [0.1, 0.15) is 49.4 Å². The molecule has 0 aliphatic carbocycles. The first kappa shape index (κ1) is 21.3. The molecule has 4 rings (SSSR count). The SMILES string of the molecule is Cc1c(CN2CCC(c3cccc(NC(=O)C(C)C)c3)CC2)cnn1-c1ccccc1. The maximum Gasteiger partial charge on any atom is 0.226 e. The normalized spacial score (nSPS) is 15.4. The standard InChI is InChI=1S/C26H32N4O/c1-19(2)26(31)28-24-9-7-8-22(16-24)21-12-14-29(15-13-21)18-23-17-27-30(20(23)3)25-10-5-4-6-11-25/h4-11,16-17,19,21H,12-15,18H2,1-3H3,(H,28,31). The third-order valence-electron chi connectivity index (χ3n) is 6.24. The van der Waals surface area contributed by atoms with Crippen molar-refractivity contribution in [2.45, 2.75) is 46.1 Å². The van der Waals surface area contributed by atoms with E-state index in [1.54, 1.807) is 0 Å². The molecule has 0 atom stereocenters. The number of carbonyl (C=O) groups excluding carboxylic acids is 1. The van der Waals surface area contributed by atoms with E-state index in [4.69, 9.17) is 0 Å². The molecule has 1 aliphatic rings. The molecule has 0 spiro atoms. The number of nitrogens with zero attached hydrogens (tertiary/aromatic N) is 3. The number of carbonyl (C=O) groups is 1. The highest BCUT2D eigenvalue weighted by molar-refractivity contribution is 5.92. The van der Waals surface area contributed by atoms with Gasteiger partial charge in [0, 0.05) is 29.4 Å². The molecule has 1 fully saturated rings. The summed E-state index contributed by atoms with van der Waals surface area (Å²) in [7, 11) is 0. The van der Waals surface area contributed by atoms with Gasteiger partial charge >= 0.3 is 0 Å². The molecular weight excluding hydrogens is 384 g/mol. The van der Waals surface area contributed by atoms with Gasteiger partial charge in [0.15, 0.2) is 0 Å². The van der Waals surface area contributed by atoms with Gasteiger partial charge in [-0.25, -0.2) is 4.68 Å². The minimum atomic E-state index is -0.0124. The van der Waals surface area contributed by atoms with E-state index in [9.17, 15) is 4.79 Å². The Labute approximate surface area is 185 Å². The largest absolute Gasteiger partial charge is 0.326 e. The Morgan fingerprint density at radius 1 is 1.10 bits per heavy atom. The van der Waals surface area contributed by atoms with E-state index in [1.807, 2.05) is 49.0 Å². The Hall–Kier alpha value is -2.92. The van der Waals surface area contributed by atoms with Gasteiger partial charge in [-0.2, -0.15) is 5.10 Å². The number of likely N-dealkylation sites (tertiary alicyclic amines) is 1. The number of amides is 1. The van der Waals surface area contributed by atoms with Gasteiger partial charge in [-0.3, -0.25) is 9.69 Å². The molecule has 2 heterocycles. The quantitative estimate of drug-likeness (QED) is 0.604. The van der Waals surface area contributed by atoms with Crippen LogP contribution in [-0.2, 0) is 11.3 Å². The lowest BCUT2D eigenvalue weighted by molar-refractivity contribution is -0.118. The molecule has 1 N–H and O–H groups in total. The van der Waals surface area contributed by atoms with Crippen molar-refractivity contribution in [2.75, 3.05) is 18.4 Å². The summed E-state index contributed by atoms with van der Waals surface area (Å²) < 4.78 is 2.03. The van der Waals surface area contributed by atoms with Crippen LogP contribution in [0.5, 0.6) is 0 Å². The van der Waals surface area contributed by atoms with Crippen molar-refractivity contribution < 1.29 is 4.79 Å². The minimum absolute atomic E-state index is 0.0124. The Morgan fingerprint density at radius 3 is 2.55 bits per heavy atom. The van der Waals surface area contributed by atoms with Crippen LogP contribution in [-0.4, -0.2) is 33.7 Å². The van der Waals surface area contributed by atoms with Gasteiger partial charge in [0.05, 0.1) is 11.9 Å². The molecular formula is C26H32N4O. The van der Waals surface area contributed by atoms with E-state index in [1.165, 1.54) is 16.8 Å². The van der Waals surface area contributed by atoms with Crippen molar-refractivity contribution in [3.05, 3.63) is 77.6 Å². The third-order valence-corrected chi connectivity index (χ3v) is 6.24. The van der Waals surface area contributed by atoms with Crippen LogP contribution in [0.2, 0.25) is 0 Å². The van der Waals surface area contributed by atoms with Crippen LogP contribution in [0.3, 0.4) is 0 Å². The monoisotopic (exact) mass is 416 g/mol. The van der Waals surface area contributed by atoms with E-state index < -0.39 is 0 Å². The zero-order valence-electron chi connectivity index (χ0n) is 18.7. The average molecular weight is 417 g/mol. The molecule has 0 unspecified atom stereocenters. The number of hydrogen-bond donors (Lipinski definition) is 1. The molecule has 0 radical (unpaired) electrons. The van der Waals surface area contributed by atoms with Crippen molar-refractivity contribution in [2.24, 2.45) is 5.92 Å². The topological polar surface area (TPSA) is 50.2 Å². The molecule has 0 bridgehead atoms. The maximum atomic E-state index is 12.0. The summed E-state index contributed by atoms with van der Waals surface area (Å²) in [5.74, 6) is 0.597. The highest BCUT2D eigenvalue weighted by Gasteiger charge is 2.22. The van der Waals surface area contributed by atoms with Crippen molar-refractivity contribution in [3.8, 4) is 5.69 Å².